The Morgan fingerprint density at radius 3 is 2.00 bits per heavy atom. The minimum Gasteiger partial charge on any atom is -0.211 e. The zero-order valence-electron chi connectivity index (χ0n) is 7.37. The minimum absolute atomic E-state index is 0.205. The molecule has 0 fully saturated rings. The smallest absolute Gasteiger partial charge is 0.211 e. The second kappa shape index (κ2) is 4.72. The summed E-state index contributed by atoms with van der Waals surface area (Å²) in [5.41, 5.74) is 0. The molecule has 0 N–H and O–H groups in total. The fraction of sp³-hybridized carbons (Fsp3) is 1.00. The van der Waals surface area contributed by atoms with Crippen molar-refractivity contribution in [3.05, 3.63) is 0 Å². The van der Waals surface area contributed by atoms with Gasteiger partial charge >= 0.3 is 0 Å². The summed E-state index contributed by atoms with van der Waals surface area (Å²) >= 11 is 0. The fourth-order valence-electron chi connectivity index (χ4n) is 0.897. The predicted molar refractivity (Wildman–Crippen MR) is 45.9 cm³/mol. The molecule has 0 aliphatic rings. The Labute approximate surface area is 69.2 Å². The standard InChI is InChI=1S/C7H16NO2S/c1-4-7(5-2)6-11(9,10)8-3/h7H,4-6H2,1-3H3. The van der Waals surface area contributed by atoms with Crippen LogP contribution in [0.1, 0.15) is 26.7 Å². The van der Waals surface area contributed by atoms with Crippen LogP contribution in [-0.2, 0) is 10.0 Å². The Morgan fingerprint density at radius 1 is 1.27 bits per heavy atom. The van der Waals surface area contributed by atoms with Crippen LogP contribution < -0.4 is 4.72 Å². The maximum Gasteiger partial charge on any atom is 0.227 e. The van der Waals surface area contributed by atoms with Crippen LogP contribution in [0.25, 0.3) is 0 Å². The zero-order valence-corrected chi connectivity index (χ0v) is 8.19. The third-order valence-corrected chi connectivity index (χ3v) is 3.33. The first-order valence-corrected chi connectivity index (χ1v) is 5.50. The molecule has 0 amide bonds. The van der Waals surface area contributed by atoms with Crippen molar-refractivity contribution in [2.24, 2.45) is 5.92 Å². The van der Waals surface area contributed by atoms with Crippen molar-refractivity contribution in [3.63, 3.8) is 0 Å². The van der Waals surface area contributed by atoms with Crippen molar-refractivity contribution in [2.75, 3.05) is 12.8 Å². The largest absolute Gasteiger partial charge is 0.227 e. The lowest BCUT2D eigenvalue weighted by Crippen LogP contribution is -2.21. The molecular weight excluding hydrogens is 162 g/mol. The molecule has 0 saturated heterocycles. The van der Waals surface area contributed by atoms with Crippen LogP contribution in [0.4, 0.5) is 0 Å². The molecule has 1 radical (unpaired) electrons. The summed E-state index contributed by atoms with van der Waals surface area (Å²) in [6, 6.07) is 0. The SMILES string of the molecule is CCC(CC)CS(=O)(=O)[N]C. The van der Waals surface area contributed by atoms with Crippen LogP contribution in [-0.4, -0.2) is 21.2 Å². The topological polar surface area (TPSA) is 48.2 Å². The van der Waals surface area contributed by atoms with Gasteiger partial charge in [-0.05, 0) is 5.92 Å². The molecule has 0 aromatic rings. The molecule has 0 aliphatic carbocycles. The van der Waals surface area contributed by atoms with E-state index in [1.807, 2.05) is 13.8 Å². The number of hydrogen-bond donors (Lipinski definition) is 0. The molecule has 0 unspecified atom stereocenters. The van der Waals surface area contributed by atoms with Crippen molar-refractivity contribution in [3.8, 4) is 0 Å². The van der Waals surface area contributed by atoms with Crippen LogP contribution in [0.3, 0.4) is 0 Å². The molecule has 67 valence electrons. The Hall–Kier alpha value is -0.0900. The predicted octanol–water partition coefficient (Wildman–Crippen LogP) is 0.987. The van der Waals surface area contributed by atoms with Crippen LogP contribution in [0.5, 0.6) is 0 Å². The van der Waals surface area contributed by atoms with E-state index in [0.717, 1.165) is 12.8 Å². The second-order valence-corrected chi connectivity index (χ2v) is 4.48. The Morgan fingerprint density at radius 2 is 1.73 bits per heavy atom. The van der Waals surface area contributed by atoms with E-state index < -0.39 is 10.0 Å². The number of hydrogen-bond acceptors (Lipinski definition) is 2. The van der Waals surface area contributed by atoms with Crippen molar-refractivity contribution >= 4 is 10.0 Å². The molecule has 0 heterocycles. The summed E-state index contributed by atoms with van der Waals surface area (Å²) in [7, 11) is -1.79. The summed E-state index contributed by atoms with van der Waals surface area (Å²) in [6.45, 7) is 4.00. The fourth-order valence-corrected chi connectivity index (χ4v) is 2.11. The molecule has 11 heavy (non-hydrogen) atoms. The van der Waals surface area contributed by atoms with Gasteiger partial charge in [-0.3, -0.25) is 0 Å². The van der Waals surface area contributed by atoms with E-state index in [4.69, 9.17) is 0 Å². The summed E-state index contributed by atoms with van der Waals surface area (Å²) in [6.07, 6.45) is 1.82. The van der Waals surface area contributed by atoms with Gasteiger partial charge in [-0.1, -0.05) is 26.7 Å². The van der Waals surface area contributed by atoms with Gasteiger partial charge in [0.15, 0.2) is 0 Å². The lowest BCUT2D eigenvalue weighted by molar-refractivity contribution is 0.519. The molecule has 0 saturated carbocycles. The van der Waals surface area contributed by atoms with Gasteiger partial charge < -0.3 is 0 Å². The van der Waals surface area contributed by atoms with Gasteiger partial charge in [0.1, 0.15) is 0 Å². The molecule has 0 aliphatic heterocycles. The van der Waals surface area contributed by atoms with Gasteiger partial charge in [0.2, 0.25) is 10.0 Å². The summed E-state index contributed by atoms with van der Waals surface area (Å²) < 4.78 is 25.2. The highest BCUT2D eigenvalue weighted by Gasteiger charge is 2.14. The molecule has 0 spiro atoms. The lowest BCUT2D eigenvalue weighted by Gasteiger charge is -2.10. The highest BCUT2D eigenvalue weighted by Crippen LogP contribution is 2.09. The highest BCUT2D eigenvalue weighted by molar-refractivity contribution is 7.89. The van der Waals surface area contributed by atoms with Gasteiger partial charge in [0, 0.05) is 7.05 Å². The van der Waals surface area contributed by atoms with E-state index in [-0.39, 0.29) is 11.7 Å². The van der Waals surface area contributed by atoms with Gasteiger partial charge in [-0.25, -0.2) is 8.42 Å². The van der Waals surface area contributed by atoms with E-state index in [1.54, 1.807) is 0 Å². The first-order valence-electron chi connectivity index (χ1n) is 3.89. The molecule has 0 aromatic carbocycles. The van der Waals surface area contributed by atoms with E-state index >= 15 is 0 Å². The molecule has 4 heteroatoms. The molecule has 0 bridgehead atoms. The van der Waals surface area contributed by atoms with Crippen molar-refractivity contribution in [1.29, 1.82) is 0 Å². The van der Waals surface area contributed by atoms with Gasteiger partial charge in [-0.2, -0.15) is 0 Å². The van der Waals surface area contributed by atoms with Crippen molar-refractivity contribution in [2.45, 2.75) is 26.7 Å². The highest BCUT2D eigenvalue weighted by atomic mass is 32.2. The maximum atomic E-state index is 11.0. The number of sulfonamides is 1. The van der Waals surface area contributed by atoms with E-state index in [0.29, 0.717) is 0 Å². The Balaban J connectivity index is 4.01. The Kier molecular flexibility index (Phi) is 4.68. The van der Waals surface area contributed by atoms with Gasteiger partial charge in [0.25, 0.3) is 0 Å². The zero-order chi connectivity index (χ0) is 8.91. The summed E-state index contributed by atoms with van der Waals surface area (Å²) in [5.74, 6) is 0.472. The average molecular weight is 178 g/mol. The number of rotatable bonds is 5. The molecule has 3 nitrogen and oxygen atoms in total. The summed E-state index contributed by atoms with van der Waals surface area (Å²) in [4.78, 5) is 0. The molecule has 0 aromatic heterocycles. The van der Waals surface area contributed by atoms with Crippen LogP contribution in [0.15, 0.2) is 0 Å². The van der Waals surface area contributed by atoms with Crippen molar-refractivity contribution in [1.82, 2.24) is 4.72 Å². The van der Waals surface area contributed by atoms with E-state index in [1.165, 1.54) is 7.05 Å². The first kappa shape index (κ1) is 10.9. The first-order chi connectivity index (χ1) is 5.05. The normalized spacial score (nSPS) is 12.4. The van der Waals surface area contributed by atoms with Crippen LogP contribution in [0.2, 0.25) is 0 Å². The molecule has 0 rings (SSSR count). The van der Waals surface area contributed by atoms with Crippen LogP contribution >= 0.6 is 0 Å². The average Bonchev–Trinajstić information content (AvgIpc) is 2.00. The second-order valence-electron chi connectivity index (χ2n) is 2.61. The summed E-state index contributed by atoms with van der Waals surface area (Å²) in [5, 5.41) is 0. The van der Waals surface area contributed by atoms with Crippen molar-refractivity contribution < 1.29 is 8.42 Å². The molecular formula is C7H16NO2S. The van der Waals surface area contributed by atoms with Gasteiger partial charge in [-0.15, -0.1) is 4.72 Å². The minimum atomic E-state index is -3.12. The third kappa shape index (κ3) is 4.37. The van der Waals surface area contributed by atoms with E-state index in [9.17, 15) is 8.42 Å². The number of nitrogens with zero attached hydrogens (tertiary/aromatic N) is 1. The lowest BCUT2D eigenvalue weighted by atomic mass is 10.1. The monoisotopic (exact) mass is 178 g/mol. The molecule has 0 atom stereocenters. The maximum absolute atomic E-state index is 11.0. The quantitative estimate of drug-likeness (QED) is 0.630. The third-order valence-electron chi connectivity index (χ3n) is 1.88. The van der Waals surface area contributed by atoms with Crippen LogP contribution in [0, 0.1) is 5.92 Å². The van der Waals surface area contributed by atoms with E-state index in [2.05, 4.69) is 4.72 Å². The Bertz CT molecular complexity index is 183. The van der Waals surface area contributed by atoms with Gasteiger partial charge in [0.05, 0.1) is 5.75 Å².